The van der Waals surface area contributed by atoms with Crippen molar-refractivity contribution in [2.24, 2.45) is 0 Å². The van der Waals surface area contributed by atoms with Crippen LogP contribution < -0.4 is 20.3 Å². The molecule has 1 unspecified atom stereocenters. The van der Waals surface area contributed by atoms with E-state index < -0.39 is 0 Å². The van der Waals surface area contributed by atoms with Crippen LogP contribution in [0.5, 0.6) is 5.75 Å². The zero-order valence-corrected chi connectivity index (χ0v) is 17.0. The Hall–Kier alpha value is -2.86. The van der Waals surface area contributed by atoms with Crippen molar-refractivity contribution in [3.63, 3.8) is 0 Å². The maximum absolute atomic E-state index is 12.5. The summed E-state index contributed by atoms with van der Waals surface area (Å²) in [6.07, 6.45) is 0. The highest BCUT2D eigenvalue weighted by Gasteiger charge is 2.18. The van der Waals surface area contributed by atoms with Crippen LogP contribution in [0.4, 0.5) is 11.4 Å². The van der Waals surface area contributed by atoms with Gasteiger partial charge in [-0.1, -0.05) is 38.1 Å². The lowest BCUT2D eigenvalue weighted by atomic mass is 10.0. The van der Waals surface area contributed by atoms with Crippen LogP contribution in [-0.4, -0.2) is 38.6 Å². The SMILES string of the molecule is CC[NH+](CC(=O)Nc1cccc(OC)c1)CC(=O)Nc1ccccc1C(C)C. The first-order valence-electron chi connectivity index (χ1n) is 9.59. The number of nitrogens with one attached hydrogen (secondary N) is 3. The Labute approximate surface area is 166 Å². The summed E-state index contributed by atoms with van der Waals surface area (Å²) in [5.41, 5.74) is 2.61. The summed E-state index contributed by atoms with van der Waals surface area (Å²) in [5, 5.41) is 5.84. The van der Waals surface area contributed by atoms with Gasteiger partial charge in [0, 0.05) is 17.4 Å². The summed E-state index contributed by atoms with van der Waals surface area (Å²) in [5.74, 6) is 0.764. The molecule has 6 nitrogen and oxygen atoms in total. The molecule has 6 heteroatoms. The molecule has 0 spiro atoms. The fraction of sp³-hybridized carbons (Fsp3) is 0.364. The van der Waals surface area contributed by atoms with Crippen molar-refractivity contribution < 1.29 is 19.2 Å². The number of quaternary nitrogens is 1. The highest BCUT2D eigenvalue weighted by Crippen LogP contribution is 2.23. The second kappa shape index (κ2) is 10.5. The molecule has 2 aromatic carbocycles. The molecule has 28 heavy (non-hydrogen) atoms. The molecule has 0 aliphatic carbocycles. The van der Waals surface area contributed by atoms with E-state index >= 15 is 0 Å². The Bertz CT molecular complexity index is 805. The zero-order valence-electron chi connectivity index (χ0n) is 17.0. The molecule has 0 heterocycles. The lowest BCUT2D eigenvalue weighted by Gasteiger charge is -2.18. The third-order valence-corrected chi connectivity index (χ3v) is 4.53. The van der Waals surface area contributed by atoms with E-state index in [1.54, 1.807) is 13.2 Å². The quantitative estimate of drug-likeness (QED) is 0.621. The molecule has 2 amide bonds. The number of rotatable bonds is 9. The Morgan fingerprint density at radius 3 is 2.32 bits per heavy atom. The number of benzene rings is 2. The molecular weight excluding hydrogens is 354 g/mol. The van der Waals surface area contributed by atoms with Crippen LogP contribution in [0.15, 0.2) is 48.5 Å². The minimum absolute atomic E-state index is 0.0980. The Kier molecular flexibility index (Phi) is 8.02. The molecule has 150 valence electrons. The molecule has 0 saturated carbocycles. The molecule has 0 aromatic heterocycles. The molecule has 3 N–H and O–H groups in total. The molecule has 1 atom stereocenters. The fourth-order valence-corrected chi connectivity index (χ4v) is 2.98. The zero-order chi connectivity index (χ0) is 20.5. The van der Waals surface area contributed by atoms with Gasteiger partial charge in [0.05, 0.1) is 13.7 Å². The smallest absolute Gasteiger partial charge is 0.279 e. The van der Waals surface area contributed by atoms with Crippen LogP contribution in [0.2, 0.25) is 0 Å². The summed E-state index contributed by atoms with van der Waals surface area (Å²) in [6, 6.07) is 15.0. The normalized spacial score (nSPS) is 11.8. The van der Waals surface area contributed by atoms with Gasteiger partial charge in [-0.25, -0.2) is 0 Å². The van der Waals surface area contributed by atoms with Crippen molar-refractivity contribution in [1.82, 2.24) is 0 Å². The third-order valence-electron chi connectivity index (χ3n) is 4.53. The molecule has 0 radical (unpaired) electrons. The second-order valence-corrected chi connectivity index (χ2v) is 7.03. The second-order valence-electron chi connectivity index (χ2n) is 7.03. The van der Waals surface area contributed by atoms with Crippen molar-refractivity contribution in [1.29, 1.82) is 0 Å². The molecule has 0 bridgehead atoms. The number of carbonyl (C=O) groups excluding carboxylic acids is 2. The molecule has 0 saturated heterocycles. The number of hydrogen-bond acceptors (Lipinski definition) is 3. The average molecular weight is 385 g/mol. The largest absolute Gasteiger partial charge is 0.497 e. The fourth-order valence-electron chi connectivity index (χ4n) is 2.98. The number of para-hydroxylation sites is 1. The average Bonchev–Trinajstić information content (AvgIpc) is 2.67. The van der Waals surface area contributed by atoms with E-state index in [2.05, 4.69) is 24.5 Å². The van der Waals surface area contributed by atoms with Gasteiger partial charge in [-0.05, 0) is 36.6 Å². The number of methoxy groups -OCH3 is 1. The summed E-state index contributed by atoms with van der Waals surface area (Å²) in [6.45, 7) is 7.27. The Balaban J connectivity index is 1.92. The summed E-state index contributed by atoms with van der Waals surface area (Å²) < 4.78 is 5.16. The number of hydrogen-bond donors (Lipinski definition) is 3. The summed E-state index contributed by atoms with van der Waals surface area (Å²) >= 11 is 0. The number of likely N-dealkylation sites (N-methyl/N-ethyl adjacent to an activating group) is 1. The van der Waals surface area contributed by atoms with Crippen LogP contribution in [0.3, 0.4) is 0 Å². The minimum Gasteiger partial charge on any atom is -0.497 e. The number of ether oxygens (including phenoxy) is 1. The number of carbonyl (C=O) groups is 2. The number of amides is 2. The van der Waals surface area contributed by atoms with Crippen molar-refractivity contribution in [2.75, 3.05) is 37.4 Å². The van der Waals surface area contributed by atoms with E-state index in [0.29, 0.717) is 23.9 Å². The Morgan fingerprint density at radius 1 is 1.00 bits per heavy atom. The van der Waals surface area contributed by atoms with Crippen LogP contribution in [0, 0.1) is 0 Å². The summed E-state index contributed by atoms with van der Waals surface area (Å²) in [4.78, 5) is 25.7. The first-order chi connectivity index (χ1) is 13.4. The van der Waals surface area contributed by atoms with Crippen molar-refractivity contribution >= 4 is 23.2 Å². The van der Waals surface area contributed by atoms with E-state index in [9.17, 15) is 9.59 Å². The first-order valence-corrected chi connectivity index (χ1v) is 9.59. The molecule has 0 fully saturated rings. The van der Waals surface area contributed by atoms with Crippen LogP contribution in [0.1, 0.15) is 32.3 Å². The van der Waals surface area contributed by atoms with E-state index in [-0.39, 0.29) is 24.9 Å². The van der Waals surface area contributed by atoms with Crippen molar-refractivity contribution in [3.8, 4) is 5.75 Å². The molecule has 2 rings (SSSR count). The van der Waals surface area contributed by atoms with E-state index in [1.807, 2.05) is 49.4 Å². The lowest BCUT2D eigenvalue weighted by Crippen LogP contribution is -3.13. The van der Waals surface area contributed by atoms with Gasteiger partial charge >= 0.3 is 0 Å². The van der Waals surface area contributed by atoms with Gasteiger partial charge in [0.1, 0.15) is 5.75 Å². The molecule has 0 aliphatic rings. The predicted octanol–water partition coefficient (Wildman–Crippen LogP) is 2.30. The predicted molar refractivity (Wildman–Crippen MR) is 112 cm³/mol. The van der Waals surface area contributed by atoms with Gasteiger partial charge in [0.15, 0.2) is 13.1 Å². The van der Waals surface area contributed by atoms with Crippen molar-refractivity contribution in [3.05, 3.63) is 54.1 Å². The minimum atomic E-state index is -0.138. The van der Waals surface area contributed by atoms with Crippen LogP contribution in [-0.2, 0) is 9.59 Å². The molecular formula is C22H30N3O3+. The molecule has 2 aromatic rings. The number of anilines is 2. The maximum Gasteiger partial charge on any atom is 0.279 e. The standard InChI is InChI=1S/C22H29N3O3/c1-5-25(14-21(26)23-17-9-8-10-18(13-17)28-4)15-22(27)24-20-12-7-6-11-19(20)16(2)3/h6-13,16H,5,14-15H2,1-4H3,(H,23,26)(H,24,27)/p+1. The first kappa shape index (κ1) is 21.4. The van der Waals surface area contributed by atoms with Crippen LogP contribution >= 0.6 is 0 Å². The maximum atomic E-state index is 12.5. The Morgan fingerprint density at radius 2 is 1.68 bits per heavy atom. The third kappa shape index (κ3) is 6.39. The highest BCUT2D eigenvalue weighted by molar-refractivity contribution is 5.93. The summed E-state index contributed by atoms with van der Waals surface area (Å²) in [7, 11) is 1.58. The van der Waals surface area contributed by atoms with E-state index in [1.165, 1.54) is 0 Å². The molecule has 0 aliphatic heterocycles. The van der Waals surface area contributed by atoms with E-state index in [4.69, 9.17) is 4.74 Å². The topological polar surface area (TPSA) is 71.9 Å². The highest BCUT2D eigenvalue weighted by atomic mass is 16.5. The lowest BCUT2D eigenvalue weighted by molar-refractivity contribution is -0.881. The van der Waals surface area contributed by atoms with Gasteiger partial charge < -0.3 is 20.3 Å². The van der Waals surface area contributed by atoms with Gasteiger partial charge in [0.25, 0.3) is 11.8 Å². The van der Waals surface area contributed by atoms with Crippen molar-refractivity contribution in [2.45, 2.75) is 26.7 Å². The van der Waals surface area contributed by atoms with Crippen LogP contribution in [0.25, 0.3) is 0 Å². The van der Waals surface area contributed by atoms with Gasteiger partial charge in [-0.2, -0.15) is 0 Å². The van der Waals surface area contributed by atoms with Gasteiger partial charge in [-0.15, -0.1) is 0 Å². The van der Waals surface area contributed by atoms with Gasteiger partial charge in [-0.3, -0.25) is 9.59 Å². The monoisotopic (exact) mass is 384 g/mol. The van der Waals surface area contributed by atoms with Gasteiger partial charge in [0.2, 0.25) is 0 Å². The van der Waals surface area contributed by atoms with E-state index in [0.717, 1.165) is 16.2 Å².